The monoisotopic (exact) mass is 650 g/mol. The number of hydrogen-bond acceptors (Lipinski definition) is 17. The highest BCUT2D eigenvalue weighted by Gasteiger charge is 2.55. The molecule has 3 unspecified atom stereocenters. The van der Waals surface area contributed by atoms with E-state index in [-0.39, 0.29) is 34.1 Å². The maximum absolute atomic E-state index is 15.9. The average molecular weight is 651 g/mol. The average Bonchev–Trinajstić information content (AvgIpc) is 3.70. The summed E-state index contributed by atoms with van der Waals surface area (Å²) in [5, 5.41) is 33.2. The van der Waals surface area contributed by atoms with Crippen LogP contribution in [-0.4, -0.2) is 110 Å². The molecule has 2 fully saturated rings. The Morgan fingerprint density at radius 1 is 1.29 bits per heavy atom. The van der Waals surface area contributed by atoms with E-state index in [2.05, 4.69) is 52.8 Å². The fourth-order valence-corrected chi connectivity index (χ4v) is 7.47. The zero-order valence-electron chi connectivity index (χ0n) is 20.8. The van der Waals surface area contributed by atoms with Crippen molar-refractivity contribution in [2.45, 2.75) is 40.9 Å². The van der Waals surface area contributed by atoms with Crippen molar-refractivity contribution in [1.82, 2.24) is 49.9 Å². The smallest absolute Gasteiger partial charge is 0.386 e. The van der Waals surface area contributed by atoms with Gasteiger partial charge in [-0.15, -0.1) is 22.0 Å². The van der Waals surface area contributed by atoms with E-state index in [9.17, 15) is 19.6 Å². The van der Waals surface area contributed by atoms with Gasteiger partial charge in [0.1, 0.15) is 42.8 Å². The summed E-state index contributed by atoms with van der Waals surface area (Å²) in [6.45, 7) is -6.52. The number of anilines is 2. The number of aliphatic hydroxyl groups excluding tert-OH is 2. The first-order chi connectivity index (χ1) is 19.9. The number of aliphatic hydroxyl groups is 2. The molecule has 19 nitrogen and oxygen atoms in total. The molecule has 24 heteroatoms. The minimum Gasteiger partial charge on any atom is -0.395 e. The fraction of sp³-hybridized carbons (Fsp3) is 0.556. The van der Waals surface area contributed by atoms with Gasteiger partial charge in [0.25, 0.3) is 11.4 Å². The first-order valence-corrected chi connectivity index (χ1v) is 15.5. The van der Waals surface area contributed by atoms with Crippen molar-refractivity contribution < 1.29 is 37.3 Å². The topological polar surface area (TPSA) is 270 Å². The maximum Gasteiger partial charge on any atom is 0.386 e. The molecule has 2 saturated heterocycles. The normalized spacial score (nSPS) is 31.3. The van der Waals surface area contributed by atoms with Gasteiger partial charge in [-0.3, -0.25) is 18.8 Å². The van der Waals surface area contributed by atoms with Crippen LogP contribution in [0.25, 0.3) is 22.3 Å². The van der Waals surface area contributed by atoms with Gasteiger partial charge in [-0.25, -0.2) is 28.0 Å². The Morgan fingerprint density at radius 2 is 2.05 bits per heavy atom. The predicted octanol–water partition coefficient (Wildman–Crippen LogP) is -1.32. The molecule has 4 aromatic heterocycles. The summed E-state index contributed by atoms with van der Waals surface area (Å²) < 4.78 is 62.3. The van der Waals surface area contributed by atoms with Gasteiger partial charge in [-0.2, -0.15) is 9.67 Å². The summed E-state index contributed by atoms with van der Waals surface area (Å²) in [6.07, 6.45) is -5.79. The van der Waals surface area contributed by atoms with Gasteiger partial charge >= 0.3 is 6.80 Å². The summed E-state index contributed by atoms with van der Waals surface area (Å²) in [5.41, 5.74) is 10.2. The van der Waals surface area contributed by atoms with E-state index in [1.54, 1.807) is 0 Å². The molecule has 2 aliphatic heterocycles. The fourth-order valence-electron chi connectivity index (χ4n) is 4.56. The molecule has 42 heavy (non-hydrogen) atoms. The maximum atomic E-state index is 15.9. The Kier molecular flexibility index (Phi) is 7.32. The number of alkyl halides is 2. The van der Waals surface area contributed by atoms with Crippen LogP contribution in [0.3, 0.4) is 0 Å². The van der Waals surface area contributed by atoms with Crippen LogP contribution in [0.15, 0.2) is 11.1 Å². The number of nitrogens with one attached hydrogen (secondary N) is 1. The predicted molar refractivity (Wildman–Crippen MR) is 143 cm³/mol. The molecule has 226 valence electrons. The van der Waals surface area contributed by atoms with Gasteiger partial charge in [-0.1, -0.05) is 22.7 Å². The number of nitrogens with two attached hydrogens (primary N) is 2. The van der Waals surface area contributed by atoms with E-state index in [0.29, 0.717) is 4.68 Å². The standard InChI is InChI=1S/C18H21F2N12O7PS2/c19-7-6(1-33)42-16(31-14-9(28-29-31)15(35)26-17(22)25-14)10(7)39-40(36,41)38-2-5-11(34)18(20,3-37-5)32-13-8(27-30-32)12(21)23-4-24-13/h4-7,10-11,16,33-34H,1-3H2,(H,36,41)(H2,21,23,24)(H3,22,25,26,35)/t5-,6-,7-,10?,11-,16-,18?,40?/m1/s1. The summed E-state index contributed by atoms with van der Waals surface area (Å²) in [7, 11) is 0. The molecule has 6 rings (SSSR count). The van der Waals surface area contributed by atoms with Gasteiger partial charge in [0.2, 0.25) is 5.95 Å². The molecule has 0 aliphatic carbocycles. The number of nitrogen functional groups attached to an aromatic ring is 2. The van der Waals surface area contributed by atoms with E-state index in [4.69, 9.17) is 25.3 Å². The number of fused-ring (bicyclic) bond motifs is 2. The van der Waals surface area contributed by atoms with E-state index in [0.717, 1.165) is 22.8 Å². The molecule has 7 N–H and O–H groups in total. The molecule has 0 spiro atoms. The van der Waals surface area contributed by atoms with Crippen molar-refractivity contribution in [2.75, 3.05) is 31.3 Å². The SMILES string of the molecule is Nc1nc2c(nnn2[C@@H]2S[C@H](CO)[C@@H](F)C2OP(=O)(S)OC[C@H]2OCC(F)(n3nnc4c(N)ncnc43)[C@@H]2O)c(=O)[nH]1. The van der Waals surface area contributed by atoms with Gasteiger partial charge < -0.3 is 26.4 Å². The van der Waals surface area contributed by atoms with Crippen molar-refractivity contribution in [3.05, 3.63) is 16.7 Å². The second-order valence-electron chi connectivity index (χ2n) is 9.23. The first-order valence-electron chi connectivity index (χ1n) is 11.9. The Hall–Kier alpha value is -3.05. The molecule has 0 aromatic carbocycles. The van der Waals surface area contributed by atoms with Crippen LogP contribution >= 0.6 is 30.8 Å². The molecule has 8 atom stereocenters. The molecule has 4 aromatic rings. The second-order valence-corrected chi connectivity index (χ2v) is 13.5. The Bertz CT molecular complexity index is 1760. The van der Waals surface area contributed by atoms with Crippen molar-refractivity contribution in [3.63, 3.8) is 0 Å². The third-order valence-electron chi connectivity index (χ3n) is 6.62. The van der Waals surface area contributed by atoms with Crippen LogP contribution in [0.5, 0.6) is 0 Å². The third-order valence-corrected chi connectivity index (χ3v) is 9.74. The molecule has 0 bridgehead atoms. The number of aromatic amines is 1. The lowest BCUT2D eigenvalue weighted by atomic mass is 10.1. The van der Waals surface area contributed by atoms with Crippen LogP contribution < -0.4 is 17.0 Å². The van der Waals surface area contributed by atoms with Gasteiger partial charge in [0, 0.05) is 0 Å². The van der Waals surface area contributed by atoms with Crippen molar-refractivity contribution in [1.29, 1.82) is 0 Å². The van der Waals surface area contributed by atoms with Crippen LogP contribution in [0.2, 0.25) is 0 Å². The number of thiol groups is 1. The number of halogens is 2. The zero-order chi connectivity index (χ0) is 30.0. The quantitative estimate of drug-likeness (QED) is 0.0953. The first kappa shape index (κ1) is 29.0. The van der Waals surface area contributed by atoms with Gasteiger partial charge in [0.05, 0.1) is 18.5 Å². The lowest BCUT2D eigenvalue weighted by molar-refractivity contribution is -0.0535. The van der Waals surface area contributed by atoms with Gasteiger partial charge in [0.15, 0.2) is 28.1 Å². The molecule has 0 saturated carbocycles. The Morgan fingerprint density at radius 3 is 2.81 bits per heavy atom. The second kappa shape index (κ2) is 10.6. The highest BCUT2D eigenvalue weighted by Crippen LogP contribution is 2.59. The summed E-state index contributed by atoms with van der Waals surface area (Å²) in [4.78, 5) is 26.1. The van der Waals surface area contributed by atoms with E-state index in [1.807, 2.05) is 0 Å². The molecule has 2 aliphatic rings. The molecule has 6 heterocycles. The van der Waals surface area contributed by atoms with E-state index in [1.165, 1.54) is 0 Å². The minimum atomic E-state index is -4.46. The summed E-state index contributed by atoms with van der Waals surface area (Å²) in [5.74, 6) is -2.99. The van der Waals surface area contributed by atoms with Crippen molar-refractivity contribution >= 4 is 64.9 Å². The zero-order valence-corrected chi connectivity index (χ0v) is 23.4. The molecule has 0 radical (unpaired) electrons. The molecule has 0 amide bonds. The number of nitrogens with zero attached hydrogens (tertiary/aromatic N) is 9. The Labute approximate surface area is 241 Å². The van der Waals surface area contributed by atoms with Crippen molar-refractivity contribution in [2.24, 2.45) is 0 Å². The number of H-pyrrole nitrogens is 1. The van der Waals surface area contributed by atoms with Gasteiger partial charge in [-0.05, 0) is 0 Å². The van der Waals surface area contributed by atoms with E-state index < -0.39 is 73.1 Å². The lowest BCUT2D eigenvalue weighted by Gasteiger charge is -2.26. The van der Waals surface area contributed by atoms with E-state index >= 15 is 8.78 Å². The molecular weight excluding hydrogens is 629 g/mol. The Balaban J connectivity index is 1.19. The molecular formula is C18H21F2N12O7PS2. The highest BCUT2D eigenvalue weighted by atomic mass is 32.7. The number of rotatable bonds is 8. The van der Waals surface area contributed by atoms with Crippen LogP contribution in [0.1, 0.15) is 5.37 Å². The number of aromatic nitrogens is 10. The van der Waals surface area contributed by atoms with Crippen molar-refractivity contribution in [3.8, 4) is 0 Å². The number of ether oxygens (including phenoxy) is 1. The minimum absolute atomic E-state index is 0.00304. The highest BCUT2D eigenvalue weighted by molar-refractivity contribution is 8.44. The lowest BCUT2D eigenvalue weighted by Crippen LogP contribution is -2.44. The van der Waals surface area contributed by atoms with Crippen LogP contribution in [0, 0.1) is 0 Å². The largest absolute Gasteiger partial charge is 0.395 e. The number of thioether (sulfide) groups is 1. The number of hydrogen-bond donors (Lipinski definition) is 6. The summed E-state index contributed by atoms with van der Waals surface area (Å²) in [6, 6.07) is 0. The third kappa shape index (κ3) is 4.78. The summed E-state index contributed by atoms with van der Waals surface area (Å²) >= 11 is 4.77. The van der Waals surface area contributed by atoms with Crippen LogP contribution in [-0.2, 0) is 24.1 Å². The van der Waals surface area contributed by atoms with Crippen LogP contribution in [0.4, 0.5) is 20.5 Å².